The smallest absolute Gasteiger partial charge is 0.225 e. The molecule has 12 nitrogen and oxygen atoms in total. The lowest BCUT2D eigenvalue weighted by Gasteiger charge is -2.40. The quantitative estimate of drug-likeness (QED) is 0.237. The van der Waals surface area contributed by atoms with Gasteiger partial charge in [-0.25, -0.2) is 48.7 Å². The minimum Gasteiger partial charge on any atom is -0.354 e. The van der Waals surface area contributed by atoms with E-state index in [2.05, 4.69) is 59.9 Å². The van der Waals surface area contributed by atoms with Crippen molar-refractivity contribution in [2.45, 2.75) is 65.2 Å². The largest absolute Gasteiger partial charge is 0.354 e. The van der Waals surface area contributed by atoms with Gasteiger partial charge in [-0.2, -0.15) is 0 Å². The standard InChI is InChI=1S/C19H25FN6.C15H23FN4.C4H3ClN2/c1-14-23-13-17(20)18(24-14)25-9-3-15(4-10-25)16-5-11-26(12-6-16)19-21-7-2-8-22-19;1-11-18-10-14(16)15(19-11)20-8-4-13(5-9-20)12-2-6-17-7-3-12;5-4-6-2-1-3-7-4/h2,7-8,13,15-16H,3-6,9-12H2,1H3;10,12-13,17H,2-9H2,1H3;1-3H. The summed E-state index contributed by atoms with van der Waals surface area (Å²) in [5.74, 6) is 5.57. The van der Waals surface area contributed by atoms with E-state index in [1.807, 2.05) is 13.0 Å². The van der Waals surface area contributed by atoms with Crippen molar-refractivity contribution < 1.29 is 8.78 Å². The second kappa shape index (κ2) is 19.2. The van der Waals surface area contributed by atoms with Crippen LogP contribution in [0.2, 0.25) is 5.28 Å². The first kappa shape index (κ1) is 38.6. The van der Waals surface area contributed by atoms with Gasteiger partial charge in [0, 0.05) is 64.1 Å². The molecule has 4 aliphatic rings. The number of piperidine rings is 4. The third kappa shape index (κ3) is 10.9. The van der Waals surface area contributed by atoms with E-state index in [0.29, 0.717) is 28.6 Å². The zero-order valence-electron chi connectivity index (χ0n) is 30.8. The molecule has 0 amide bonds. The van der Waals surface area contributed by atoms with Crippen LogP contribution in [0.25, 0.3) is 0 Å². The molecule has 0 spiro atoms. The Hall–Kier alpha value is -4.17. The summed E-state index contributed by atoms with van der Waals surface area (Å²) in [5.41, 5.74) is 0. The Morgan fingerprint density at radius 1 is 0.547 bits per heavy atom. The molecule has 0 bridgehead atoms. The van der Waals surface area contributed by atoms with Crippen LogP contribution in [0.4, 0.5) is 26.4 Å². The molecule has 0 aromatic carbocycles. The second-order valence-corrected chi connectivity index (χ2v) is 14.6. The van der Waals surface area contributed by atoms with Crippen molar-refractivity contribution in [3.05, 3.63) is 77.9 Å². The van der Waals surface area contributed by atoms with Crippen molar-refractivity contribution in [3.8, 4) is 0 Å². The third-order valence-corrected chi connectivity index (χ3v) is 11.2. The van der Waals surface area contributed by atoms with Gasteiger partial charge in [0.1, 0.15) is 11.6 Å². The number of aryl methyl sites for hydroxylation is 2. The molecule has 4 aromatic rings. The highest BCUT2D eigenvalue weighted by Crippen LogP contribution is 2.35. The Balaban J connectivity index is 0.000000157. The Kier molecular flexibility index (Phi) is 14.0. The molecule has 284 valence electrons. The second-order valence-electron chi connectivity index (χ2n) is 14.3. The van der Waals surface area contributed by atoms with Crippen LogP contribution in [0.15, 0.2) is 49.3 Å². The van der Waals surface area contributed by atoms with Gasteiger partial charge in [0.2, 0.25) is 11.2 Å². The number of rotatable bonds is 5. The predicted octanol–water partition coefficient (Wildman–Crippen LogP) is 6.12. The molecule has 8 heterocycles. The van der Waals surface area contributed by atoms with Crippen molar-refractivity contribution in [1.29, 1.82) is 0 Å². The highest BCUT2D eigenvalue weighted by Gasteiger charge is 2.32. The summed E-state index contributed by atoms with van der Waals surface area (Å²) in [5, 5.41) is 3.72. The van der Waals surface area contributed by atoms with Crippen LogP contribution < -0.4 is 20.0 Å². The van der Waals surface area contributed by atoms with Gasteiger partial charge in [-0.05, 0) is 126 Å². The number of hydrogen-bond donors (Lipinski definition) is 1. The summed E-state index contributed by atoms with van der Waals surface area (Å²) >= 11 is 5.32. The van der Waals surface area contributed by atoms with Crippen molar-refractivity contribution in [2.24, 2.45) is 23.7 Å². The predicted molar refractivity (Wildman–Crippen MR) is 203 cm³/mol. The van der Waals surface area contributed by atoms with Gasteiger partial charge in [0.25, 0.3) is 0 Å². The summed E-state index contributed by atoms with van der Waals surface area (Å²) in [6.45, 7) is 11.6. The van der Waals surface area contributed by atoms with E-state index in [1.165, 1.54) is 38.1 Å². The summed E-state index contributed by atoms with van der Waals surface area (Å²) < 4.78 is 27.9. The number of anilines is 3. The molecule has 0 saturated carbocycles. The van der Waals surface area contributed by atoms with Crippen LogP contribution >= 0.6 is 11.6 Å². The zero-order chi connectivity index (χ0) is 37.0. The molecule has 0 radical (unpaired) electrons. The Labute approximate surface area is 316 Å². The van der Waals surface area contributed by atoms with Crippen LogP contribution in [0.5, 0.6) is 0 Å². The molecule has 1 N–H and O–H groups in total. The molecular weight excluding hydrogens is 698 g/mol. The van der Waals surface area contributed by atoms with Crippen molar-refractivity contribution >= 4 is 29.2 Å². The van der Waals surface area contributed by atoms with Gasteiger partial charge in [0.15, 0.2) is 23.3 Å². The summed E-state index contributed by atoms with van der Waals surface area (Å²) in [6, 6.07) is 3.57. The van der Waals surface area contributed by atoms with E-state index in [1.54, 1.807) is 37.8 Å². The number of nitrogens with zero attached hydrogens (tertiary/aromatic N) is 11. The minimum absolute atomic E-state index is 0.294. The molecule has 4 aliphatic heterocycles. The number of nitrogens with one attached hydrogen (secondary N) is 1. The maximum Gasteiger partial charge on any atom is 0.225 e. The van der Waals surface area contributed by atoms with Gasteiger partial charge < -0.3 is 20.0 Å². The summed E-state index contributed by atoms with van der Waals surface area (Å²) in [4.78, 5) is 38.8. The molecule has 0 atom stereocenters. The van der Waals surface area contributed by atoms with Crippen LogP contribution in [0, 0.1) is 49.2 Å². The molecule has 4 fully saturated rings. The minimum atomic E-state index is -0.315. The van der Waals surface area contributed by atoms with Gasteiger partial charge in [-0.15, -0.1) is 0 Å². The first-order valence-corrected chi connectivity index (χ1v) is 19.3. The van der Waals surface area contributed by atoms with E-state index in [0.717, 1.165) is 108 Å². The lowest BCUT2D eigenvalue weighted by atomic mass is 9.79. The fourth-order valence-corrected chi connectivity index (χ4v) is 8.23. The average molecular weight is 749 g/mol. The Bertz CT molecular complexity index is 1680. The Morgan fingerprint density at radius 3 is 1.32 bits per heavy atom. The molecule has 8 rings (SSSR count). The van der Waals surface area contributed by atoms with Crippen LogP contribution in [-0.2, 0) is 0 Å². The average Bonchev–Trinajstić information content (AvgIpc) is 3.21. The summed E-state index contributed by atoms with van der Waals surface area (Å²) in [7, 11) is 0. The monoisotopic (exact) mass is 748 g/mol. The molecule has 15 heteroatoms. The van der Waals surface area contributed by atoms with Crippen molar-refractivity contribution in [3.63, 3.8) is 0 Å². The van der Waals surface area contributed by atoms with Gasteiger partial charge in [-0.1, -0.05) is 0 Å². The Morgan fingerprint density at radius 2 is 0.925 bits per heavy atom. The van der Waals surface area contributed by atoms with Gasteiger partial charge in [-0.3, -0.25) is 0 Å². The van der Waals surface area contributed by atoms with Crippen molar-refractivity contribution in [1.82, 2.24) is 45.2 Å². The van der Waals surface area contributed by atoms with E-state index in [9.17, 15) is 8.78 Å². The SMILES string of the molecule is Cc1ncc(F)c(N2CCC(C3CCN(c4ncccn4)CC3)CC2)n1.Cc1ncc(F)c(N2CCC(C3CCNCC3)CC2)n1.Clc1ncccn1. The third-order valence-electron chi connectivity index (χ3n) is 11.0. The van der Waals surface area contributed by atoms with Crippen molar-refractivity contribution in [2.75, 3.05) is 67.1 Å². The first-order valence-electron chi connectivity index (χ1n) is 19.0. The van der Waals surface area contributed by atoms with E-state index < -0.39 is 0 Å². The fourth-order valence-electron chi connectivity index (χ4n) is 8.12. The molecule has 4 aromatic heterocycles. The van der Waals surface area contributed by atoms with Crippen LogP contribution in [-0.4, -0.2) is 92.2 Å². The maximum absolute atomic E-state index is 14.0. The van der Waals surface area contributed by atoms with Gasteiger partial charge in [0.05, 0.1) is 12.4 Å². The number of hydrogen-bond acceptors (Lipinski definition) is 12. The molecular formula is C38H51ClF2N12. The summed E-state index contributed by atoms with van der Waals surface area (Å²) in [6.07, 6.45) is 18.9. The number of halogens is 3. The highest BCUT2D eigenvalue weighted by molar-refractivity contribution is 6.28. The fraction of sp³-hybridized carbons (Fsp3) is 0.579. The van der Waals surface area contributed by atoms with E-state index in [4.69, 9.17) is 11.6 Å². The molecule has 53 heavy (non-hydrogen) atoms. The highest BCUT2D eigenvalue weighted by atomic mass is 35.5. The van der Waals surface area contributed by atoms with E-state index in [-0.39, 0.29) is 11.6 Å². The van der Waals surface area contributed by atoms with Crippen LogP contribution in [0.1, 0.15) is 63.0 Å². The lowest BCUT2D eigenvalue weighted by molar-refractivity contribution is 0.221. The number of aromatic nitrogens is 8. The maximum atomic E-state index is 14.0. The molecule has 4 saturated heterocycles. The molecule has 0 aliphatic carbocycles. The normalized spacial score (nSPS) is 19.2. The molecule has 0 unspecified atom stereocenters. The zero-order valence-corrected chi connectivity index (χ0v) is 31.6. The van der Waals surface area contributed by atoms with Gasteiger partial charge >= 0.3 is 0 Å². The topological polar surface area (TPSA) is 125 Å². The lowest BCUT2D eigenvalue weighted by Crippen LogP contribution is -2.41. The van der Waals surface area contributed by atoms with E-state index >= 15 is 0 Å². The first-order chi connectivity index (χ1) is 25.8. The van der Waals surface area contributed by atoms with Crippen LogP contribution in [0.3, 0.4) is 0 Å².